The van der Waals surface area contributed by atoms with E-state index < -0.39 is 6.10 Å². The van der Waals surface area contributed by atoms with Crippen LogP contribution in [0.25, 0.3) is 0 Å². The van der Waals surface area contributed by atoms with E-state index >= 15 is 0 Å². The second kappa shape index (κ2) is 5.99. The molecule has 19 heavy (non-hydrogen) atoms. The van der Waals surface area contributed by atoms with Crippen LogP contribution in [-0.4, -0.2) is 55.5 Å². The van der Waals surface area contributed by atoms with Crippen molar-refractivity contribution in [2.75, 3.05) is 32.2 Å². The highest BCUT2D eigenvalue weighted by Gasteiger charge is 2.25. The average molecular weight is 265 g/mol. The molecule has 1 fully saturated rings. The van der Waals surface area contributed by atoms with Crippen LogP contribution >= 0.6 is 0 Å². The lowest BCUT2D eigenvalue weighted by Gasteiger charge is -2.28. The van der Waals surface area contributed by atoms with Crippen LogP contribution in [0.1, 0.15) is 16.8 Å². The number of nitrogens with one attached hydrogen (secondary N) is 1. The summed E-state index contributed by atoms with van der Waals surface area (Å²) in [5.41, 5.74) is 0.490. The molecule has 1 aliphatic rings. The lowest BCUT2D eigenvalue weighted by Crippen LogP contribution is -2.48. The largest absolute Gasteiger partial charge is 0.389 e. The van der Waals surface area contributed by atoms with Gasteiger partial charge in [-0.25, -0.2) is 4.98 Å². The molecule has 104 valence electrons. The predicted octanol–water partition coefficient (Wildman–Crippen LogP) is 0.0272. The Bertz CT molecular complexity index is 433. The molecule has 1 amide bonds. The molecule has 6 heteroatoms. The highest BCUT2D eigenvalue weighted by atomic mass is 16.5. The lowest BCUT2D eigenvalue weighted by atomic mass is 10.1. The van der Waals surface area contributed by atoms with Gasteiger partial charge in [-0.1, -0.05) is 0 Å². The molecular formula is C13H19N3O3. The van der Waals surface area contributed by atoms with Crippen molar-refractivity contribution < 1.29 is 14.6 Å². The van der Waals surface area contributed by atoms with Gasteiger partial charge in [0.1, 0.15) is 5.82 Å². The smallest absolute Gasteiger partial charge is 0.253 e. The van der Waals surface area contributed by atoms with E-state index in [0.29, 0.717) is 18.6 Å². The van der Waals surface area contributed by atoms with Crippen molar-refractivity contribution in [1.29, 1.82) is 0 Å². The van der Waals surface area contributed by atoms with Crippen LogP contribution in [0.15, 0.2) is 18.3 Å². The molecule has 0 saturated carbocycles. The summed E-state index contributed by atoms with van der Waals surface area (Å²) in [7, 11) is 3.78. The molecule has 0 aromatic carbocycles. The van der Waals surface area contributed by atoms with Crippen molar-refractivity contribution in [1.82, 2.24) is 10.3 Å². The van der Waals surface area contributed by atoms with E-state index in [-0.39, 0.29) is 18.6 Å². The SMILES string of the molecule is CN(C)c1ccc(C(=O)N[C@@H]2CCOC[C@H]2O)cn1. The van der Waals surface area contributed by atoms with Gasteiger partial charge in [-0.05, 0) is 18.6 Å². The number of hydrogen-bond acceptors (Lipinski definition) is 5. The third-order valence-corrected chi connectivity index (χ3v) is 3.11. The molecule has 2 N–H and O–H groups in total. The Morgan fingerprint density at radius 1 is 1.53 bits per heavy atom. The van der Waals surface area contributed by atoms with Gasteiger partial charge in [-0.15, -0.1) is 0 Å². The first kappa shape index (κ1) is 13.8. The quantitative estimate of drug-likeness (QED) is 0.806. The van der Waals surface area contributed by atoms with Crippen molar-refractivity contribution in [3.05, 3.63) is 23.9 Å². The lowest BCUT2D eigenvalue weighted by molar-refractivity contribution is -0.0260. The minimum atomic E-state index is -0.647. The van der Waals surface area contributed by atoms with Gasteiger partial charge in [0, 0.05) is 26.9 Å². The number of hydrogen-bond donors (Lipinski definition) is 2. The maximum atomic E-state index is 12.0. The van der Waals surface area contributed by atoms with Crippen molar-refractivity contribution in [3.63, 3.8) is 0 Å². The molecule has 0 spiro atoms. The standard InChI is InChI=1S/C13H19N3O3/c1-16(2)12-4-3-9(7-14-12)13(18)15-10-5-6-19-8-11(10)17/h3-4,7,10-11,17H,5-6,8H2,1-2H3,(H,15,18)/t10-,11-/m1/s1. The van der Waals surface area contributed by atoms with Crippen molar-refractivity contribution in [2.45, 2.75) is 18.6 Å². The van der Waals surface area contributed by atoms with Crippen molar-refractivity contribution >= 4 is 11.7 Å². The zero-order chi connectivity index (χ0) is 13.8. The number of carbonyl (C=O) groups is 1. The van der Waals surface area contributed by atoms with Crippen LogP contribution in [0.3, 0.4) is 0 Å². The zero-order valence-corrected chi connectivity index (χ0v) is 11.2. The van der Waals surface area contributed by atoms with Crippen LogP contribution in [0, 0.1) is 0 Å². The number of aliphatic hydroxyl groups is 1. The topological polar surface area (TPSA) is 74.7 Å². The van der Waals surface area contributed by atoms with Gasteiger partial charge in [0.2, 0.25) is 0 Å². The number of rotatable bonds is 3. The second-order valence-corrected chi connectivity index (χ2v) is 4.81. The number of ether oxygens (including phenoxy) is 1. The summed E-state index contributed by atoms with van der Waals surface area (Å²) < 4.78 is 5.12. The zero-order valence-electron chi connectivity index (χ0n) is 11.2. The maximum absolute atomic E-state index is 12.0. The Balaban J connectivity index is 1.99. The van der Waals surface area contributed by atoms with E-state index in [2.05, 4.69) is 10.3 Å². The maximum Gasteiger partial charge on any atom is 0.253 e. The molecule has 1 aromatic heterocycles. The number of pyridine rings is 1. The first-order valence-electron chi connectivity index (χ1n) is 6.28. The molecule has 1 aromatic rings. The Morgan fingerprint density at radius 2 is 2.32 bits per heavy atom. The van der Waals surface area contributed by atoms with E-state index in [1.54, 1.807) is 12.1 Å². The summed E-state index contributed by atoms with van der Waals surface area (Å²) in [6.45, 7) is 0.822. The predicted molar refractivity (Wildman–Crippen MR) is 71.3 cm³/mol. The molecule has 0 unspecified atom stereocenters. The van der Waals surface area contributed by atoms with Gasteiger partial charge in [-0.2, -0.15) is 0 Å². The summed E-state index contributed by atoms with van der Waals surface area (Å²) in [6, 6.07) is 3.26. The van der Waals surface area contributed by atoms with Gasteiger partial charge >= 0.3 is 0 Å². The molecule has 1 saturated heterocycles. The van der Waals surface area contributed by atoms with Gasteiger partial charge < -0.3 is 20.1 Å². The van der Waals surface area contributed by atoms with Crippen molar-refractivity contribution in [3.8, 4) is 0 Å². The number of aromatic nitrogens is 1. The molecule has 0 aliphatic carbocycles. The molecule has 2 heterocycles. The normalized spacial score (nSPS) is 22.9. The Kier molecular flexibility index (Phi) is 4.34. The fraction of sp³-hybridized carbons (Fsp3) is 0.538. The first-order chi connectivity index (χ1) is 9.08. The number of carbonyl (C=O) groups excluding carboxylic acids is 1. The van der Waals surface area contributed by atoms with E-state index in [0.717, 1.165) is 5.82 Å². The first-order valence-corrected chi connectivity index (χ1v) is 6.28. The fourth-order valence-electron chi connectivity index (χ4n) is 1.93. The molecule has 1 aliphatic heterocycles. The van der Waals surface area contributed by atoms with Gasteiger partial charge in [-0.3, -0.25) is 4.79 Å². The Morgan fingerprint density at radius 3 is 2.89 bits per heavy atom. The van der Waals surface area contributed by atoms with Gasteiger partial charge in [0.15, 0.2) is 0 Å². The fourth-order valence-corrected chi connectivity index (χ4v) is 1.93. The van der Waals surface area contributed by atoms with Gasteiger partial charge in [0.25, 0.3) is 5.91 Å². The van der Waals surface area contributed by atoms with E-state index in [1.165, 1.54) is 6.20 Å². The molecule has 2 atom stereocenters. The number of amides is 1. The molecule has 6 nitrogen and oxygen atoms in total. The third kappa shape index (κ3) is 3.42. The molecular weight excluding hydrogens is 246 g/mol. The summed E-state index contributed by atoms with van der Waals surface area (Å²) in [4.78, 5) is 18.1. The summed E-state index contributed by atoms with van der Waals surface area (Å²) >= 11 is 0. The highest BCUT2D eigenvalue weighted by Crippen LogP contribution is 2.11. The number of nitrogens with zero attached hydrogens (tertiary/aromatic N) is 2. The van der Waals surface area contributed by atoms with Crippen LogP contribution < -0.4 is 10.2 Å². The minimum absolute atomic E-state index is 0.219. The Labute approximate surface area is 112 Å². The number of anilines is 1. The van der Waals surface area contributed by atoms with E-state index in [1.807, 2.05) is 19.0 Å². The highest BCUT2D eigenvalue weighted by molar-refractivity contribution is 5.94. The van der Waals surface area contributed by atoms with E-state index in [9.17, 15) is 9.90 Å². The molecule has 0 radical (unpaired) electrons. The summed E-state index contributed by atoms with van der Waals surface area (Å²) in [5, 5.41) is 12.5. The number of aliphatic hydroxyl groups excluding tert-OH is 1. The van der Waals surface area contributed by atoms with Crippen LogP contribution in [0.4, 0.5) is 5.82 Å². The Hall–Kier alpha value is -1.66. The minimum Gasteiger partial charge on any atom is -0.389 e. The van der Waals surface area contributed by atoms with E-state index in [4.69, 9.17) is 4.74 Å². The van der Waals surface area contributed by atoms with Crippen molar-refractivity contribution in [2.24, 2.45) is 0 Å². The molecule has 0 bridgehead atoms. The average Bonchev–Trinajstić information content (AvgIpc) is 2.41. The van der Waals surface area contributed by atoms with Gasteiger partial charge in [0.05, 0.1) is 24.3 Å². The second-order valence-electron chi connectivity index (χ2n) is 4.81. The van der Waals surface area contributed by atoms with Crippen LogP contribution in [0.2, 0.25) is 0 Å². The summed E-state index contributed by atoms with van der Waals surface area (Å²) in [6.07, 6.45) is 1.51. The monoisotopic (exact) mass is 265 g/mol. The van der Waals surface area contributed by atoms with Crippen LogP contribution in [-0.2, 0) is 4.74 Å². The van der Waals surface area contributed by atoms with Crippen LogP contribution in [0.5, 0.6) is 0 Å². The third-order valence-electron chi connectivity index (χ3n) is 3.11. The summed E-state index contributed by atoms with van der Waals surface area (Å²) in [5.74, 6) is 0.575. The molecule has 2 rings (SSSR count).